The minimum absolute atomic E-state index is 0.251. The largest absolute Gasteiger partial charge is 0.454 e. The van der Waals surface area contributed by atoms with Crippen LogP contribution in [0.1, 0.15) is 18.4 Å². The Morgan fingerprint density at radius 3 is 2.48 bits per heavy atom. The summed E-state index contributed by atoms with van der Waals surface area (Å²) in [4.78, 5) is 27.3. The van der Waals surface area contributed by atoms with Crippen LogP contribution in [0.25, 0.3) is 21.7 Å². The Kier molecular flexibility index (Phi) is 5.56. The predicted molar refractivity (Wildman–Crippen MR) is 112 cm³/mol. The number of hydrogen-bond acceptors (Lipinski definition) is 4. The van der Waals surface area contributed by atoms with E-state index in [1.807, 2.05) is 60.8 Å². The maximum atomic E-state index is 12.1. The van der Waals surface area contributed by atoms with Crippen LogP contribution < -0.4 is 4.74 Å². The molecule has 29 heavy (non-hydrogen) atoms. The van der Waals surface area contributed by atoms with Gasteiger partial charge < -0.3 is 14.5 Å². The number of ether oxygens (including phenoxy) is 2. The van der Waals surface area contributed by atoms with Crippen molar-refractivity contribution in [3.8, 4) is 5.75 Å². The molecular weight excluding hydrogens is 366 g/mol. The SMILES string of the molecule is O=C(CCCc1c[nH]c2ccccc12)OCC(=O)Oc1cccc2ccccc12. The first kappa shape index (κ1) is 18.7. The molecule has 0 unspecified atom stereocenters. The lowest BCUT2D eigenvalue weighted by Gasteiger charge is -2.08. The second kappa shape index (κ2) is 8.61. The fraction of sp³-hybridized carbons (Fsp3) is 0.167. The summed E-state index contributed by atoms with van der Waals surface area (Å²) >= 11 is 0. The van der Waals surface area contributed by atoms with Crippen LogP contribution in [0.3, 0.4) is 0 Å². The number of hydrogen-bond donors (Lipinski definition) is 1. The summed E-state index contributed by atoms with van der Waals surface area (Å²) in [5, 5.41) is 2.99. The van der Waals surface area contributed by atoms with Crippen LogP contribution in [0, 0.1) is 0 Å². The quantitative estimate of drug-likeness (QED) is 0.366. The number of aromatic nitrogens is 1. The summed E-state index contributed by atoms with van der Waals surface area (Å²) < 4.78 is 10.4. The summed E-state index contributed by atoms with van der Waals surface area (Å²) in [5.74, 6) is -0.533. The number of rotatable bonds is 7. The molecule has 4 rings (SSSR count). The number of H-pyrrole nitrogens is 1. The van der Waals surface area contributed by atoms with Gasteiger partial charge >= 0.3 is 11.9 Å². The molecule has 0 atom stereocenters. The maximum absolute atomic E-state index is 12.1. The summed E-state index contributed by atoms with van der Waals surface area (Å²) in [7, 11) is 0. The Morgan fingerprint density at radius 2 is 1.59 bits per heavy atom. The molecule has 0 bridgehead atoms. The highest BCUT2D eigenvalue weighted by Crippen LogP contribution is 2.25. The zero-order valence-corrected chi connectivity index (χ0v) is 15.9. The lowest BCUT2D eigenvalue weighted by molar-refractivity contribution is -0.153. The molecule has 0 saturated carbocycles. The Hall–Kier alpha value is -3.60. The lowest BCUT2D eigenvalue weighted by atomic mass is 10.1. The third-order valence-electron chi connectivity index (χ3n) is 4.83. The summed E-state index contributed by atoms with van der Waals surface area (Å²) in [6, 6.07) is 21.2. The average molecular weight is 387 g/mol. The van der Waals surface area contributed by atoms with Gasteiger partial charge in [-0.05, 0) is 35.9 Å². The van der Waals surface area contributed by atoms with Crippen molar-refractivity contribution in [3.05, 3.63) is 78.5 Å². The molecule has 0 amide bonds. The molecule has 1 N–H and O–H groups in total. The predicted octanol–water partition coefficient (Wildman–Crippen LogP) is 4.79. The van der Waals surface area contributed by atoms with Crippen LogP contribution in [0.15, 0.2) is 72.9 Å². The molecule has 0 saturated heterocycles. The van der Waals surface area contributed by atoms with Crippen LogP contribution in [-0.2, 0) is 20.7 Å². The van der Waals surface area contributed by atoms with Crippen LogP contribution in [0.4, 0.5) is 0 Å². The summed E-state index contributed by atoms with van der Waals surface area (Å²) in [6.07, 6.45) is 3.64. The van der Waals surface area contributed by atoms with E-state index in [0.717, 1.165) is 22.7 Å². The molecule has 0 aliphatic carbocycles. The average Bonchev–Trinajstić information content (AvgIpc) is 3.16. The molecule has 1 aromatic heterocycles. The topological polar surface area (TPSA) is 68.4 Å². The van der Waals surface area contributed by atoms with Crippen LogP contribution >= 0.6 is 0 Å². The highest BCUT2D eigenvalue weighted by atomic mass is 16.6. The van der Waals surface area contributed by atoms with Crippen molar-refractivity contribution < 1.29 is 19.1 Å². The van der Waals surface area contributed by atoms with E-state index in [4.69, 9.17) is 9.47 Å². The number of aryl methyl sites for hydroxylation is 1. The number of esters is 2. The minimum Gasteiger partial charge on any atom is -0.454 e. The zero-order valence-electron chi connectivity index (χ0n) is 15.9. The van der Waals surface area contributed by atoms with E-state index in [1.54, 1.807) is 6.07 Å². The van der Waals surface area contributed by atoms with E-state index >= 15 is 0 Å². The van der Waals surface area contributed by atoms with Crippen molar-refractivity contribution in [2.75, 3.05) is 6.61 Å². The second-order valence-corrected chi connectivity index (χ2v) is 6.83. The number of benzene rings is 3. The molecular formula is C24H21NO4. The van der Waals surface area contributed by atoms with Crippen molar-refractivity contribution in [1.82, 2.24) is 4.98 Å². The van der Waals surface area contributed by atoms with Gasteiger partial charge in [0.15, 0.2) is 6.61 Å². The second-order valence-electron chi connectivity index (χ2n) is 6.83. The highest BCUT2D eigenvalue weighted by molar-refractivity contribution is 5.90. The Bertz CT molecular complexity index is 1160. The number of fused-ring (bicyclic) bond motifs is 2. The monoisotopic (exact) mass is 387 g/mol. The molecule has 0 radical (unpaired) electrons. The zero-order chi connectivity index (χ0) is 20.1. The summed E-state index contributed by atoms with van der Waals surface area (Å²) in [5.41, 5.74) is 2.25. The summed E-state index contributed by atoms with van der Waals surface area (Å²) in [6.45, 7) is -0.394. The van der Waals surface area contributed by atoms with Gasteiger partial charge in [-0.1, -0.05) is 54.6 Å². The van der Waals surface area contributed by atoms with Crippen LogP contribution in [0.2, 0.25) is 0 Å². The van der Waals surface area contributed by atoms with Gasteiger partial charge in [0.1, 0.15) is 5.75 Å². The first-order valence-corrected chi connectivity index (χ1v) is 9.60. The van der Waals surface area contributed by atoms with Crippen molar-refractivity contribution in [3.63, 3.8) is 0 Å². The standard InChI is InChI=1S/C24H21NO4/c26-23(14-6-9-18-15-25-21-12-4-3-10-19(18)21)28-16-24(27)29-22-13-5-8-17-7-1-2-11-20(17)22/h1-5,7-8,10-13,15,25H,6,9,14,16H2. The highest BCUT2D eigenvalue weighted by Gasteiger charge is 2.12. The molecule has 4 aromatic rings. The number of carbonyl (C=O) groups is 2. The van der Waals surface area contributed by atoms with Crippen molar-refractivity contribution in [1.29, 1.82) is 0 Å². The first-order chi connectivity index (χ1) is 14.2. The number of carbonyl (C=O) groups excluding carboxylic acids is 2. The fourth-order valence-electron chi connectivity index (χ4n) is 3.41. The van der Waals surface area contributed by atoms with Crippen LogP contribution in [0.5, 0.6) is 5.75 Å². The van der Waals surface area contributed by atoms with Gasteiger partial charge in [0.05, 0.1) is 0 Å². The van der Waals surface area contributed by atoms with Crippen LogP contribution in [-0.4, -0.2) is 23.5 Å². The fourth-order valence-corrected chi connectivity index (χ4v) is 3.41. The van der Waals surface area contributed by atoms with Gasteiger partial charge in [-0.25, -0.2) is 4.79 Å². The molecule has 0 spiro atoms. The van der Waals surface area contributed by atoms with E-state index in [0.29, 0.717) is 12.2 Å². The first-order valence-electron chi connectivity index (χ1n) is 9.60. The van der Waals surface area contributed by atoms with E-state index < -0.39 is 18.5 Å². The van der Waals surface area contributed by atoms with E-state index in [1.165, 1.54) is 10.9 Å². The molecule has 0 aliphatic heterocycles. The van der Waals surface area contributed by atoms with Crippen molar-refractivity contribution in [2.45, 2.75) is 19.3 Å². The van der Waals surface area contributed by atoms with E-state index in [9.17, 15) is 9.59 Å². The van der Waals surface area contributed by atoms with Gasteiger partial charge in [-0.15, -0.1) is 0 Å². The normalized spacial score (nSPS) is 10.9. The van der Waals surface area contributed by atoms with Gasteiger partial charge in [-0.2, -0.15) is 0 Å². The van der Waals surface area contributed by atoms with Crippen molar-refractivity contribution in [2.24, 2.45) is 0 Å². The minimum atomic E-state index is -0.591. The molecule has 0 fully saturated rings. The third-order valence-corrected chi connectivity index (χ3v) is 4.83. The van der Waals surface area contributed by atoms with Gasteiger partial charge in [0.25, 0.3) is 0 Å². The number of aromatic amines is 1. The van der Waals surface area contributed by atoms with Crippen molar-refractivity contribution >= 4 is 33.6 Å². The Labute approximate surface area is 168 Å². The van der Waals surface area contributed by atoms with E-state index in [2.05, 4.69) is 11.1 Å². The molecule has 3 aromatic carbocycles. The molecule has 1 heterocycles. The lowest BCUT2D eigenvalue weighted by Crippen LogP contribution is -2.18. The smallest absolute Gasteiger partial charge is 0.349 e. The van der Waals surface area contributed by atoms with Gasteiger partial charge in [0, 0.05) is 28.9 Å². The van der Waals surface area contributed by atoms with E-state index in [-0.39, 0.29) is 6.42 Å². The molecule has 5 nitrogen and oxygen atoms in total. The molecule has 5 heteroatoms. The molecule has 0 aliphatic rings. The Balaban J connectivity index is 1.24. The molecule has 146 valence electrons. The van der Waals surface area contributed by atoms with Gasteiger partial charge in [0.2, 0.25) is 0 Å². The Morgan fingerprint density at radius 1 is 0.828 bits per heavy atom. The number of nitrogens with one attached hydrogen (secondary N) is 1. The number of para-hydroxylation sites is 1. The third kappa shape index (κ3) is 4.46. The maximum Gasteiger partial charge on any atom is 0.349 e. The van der Waals surface area contributed by atoms with Gasteiger partial charge in [-0.3, -0.25) is 4.79 Å².